The molecular formula is C10H8ClN5. The Morgan fingerprint density at radius 3 is 2.69 bits per heavy atom. The van der Waals surface area contributed by atoms with E-state index in [1.165, 1.54) is 4.68 Å². The maximum Gasteiger partial charge on any atom is 0.166 e. The molecule has 16 heavy (non-hydrogen) atoms. The van der Waals surface area contributed by atoms with Crippen molar-refractivity contribution in [3.8, 4) is 11.8 Å². The fraction of sp³-hybridized carbons (Fsp3) is 0. The second kappa shape index (κ2) is 3.76. The molecule has 80 valence electrons. The van der Waals surface area contributed by atoms with Gasteiger partial charge >= 0.3 is 0 Å². The Kier molecular flexibility index (Phi) is 2.43. The second-order valence-corrected chi connectivity index (χ2v) is 3.59. The minimum atomic E-state index is 0.111. The molecule has 6 heteroatoms. The number of hydrogen-bond acceptors (Lipinski definition) is 4. The first kappa shape index (κ1) is 10.3. The summed E-state index contributed by atoms with van der Waals surface area (Å²) in [6, 6.07) is 8.86. The summed E-state index contributed by atoms with van der Waals surface area (Å²) in [5.74, 6) is 0.322. The minimum Gasteiger partial charge on any atom is -0.382 e. The first-order valence-corrected chi connectivity index (χ1v) is 4.81. The third-order valence-electron chi connectivity index (χ3n) is 2.11. The molecule has 0 fully saturated rings. The van der Waals surface area contributed by atoms with Gasteiger partial charge in [0.25, 0.3) is 0 Å². The molecule has 1 aromatic heterocycles. The van der Waals surface area contributed by atoms with E-state index in [2.05, 4.69) is 5.10 Å². The van der Waals surface area contributed by atoms with Crippen molar-refractivity contribution in [1.29, 1.82) is 5.26 Å². The smallest absolute Gasteiger partial charge is 0.166 e. The van der Waals surface area contributed by atoms with Crippen molar-refractivity contribution < 1.29 is 0 Å². The van der Waals surface area contributed by atoms with Crippen LogP contribution in [-0.2, 0) is 0 Å². The molecule has 1 aromatic carbocycles. The molecule has 1 heterocycles. The Labute approximate surface area is 96.8 Å². The average molecular weight is 234 g/mol. The van der Waals surface area contributed by atoms with Gasteiger partial charge in [0.1, 0.15) is 17.5 Å². The van der Waals surface area contributed by atoms with Crippen LogP contribution in [0.5, 0.6) is 0 Å². The molecule has 0 unspecified atom stereocenters. The number of anilines is 2. The maximum atomic E-state index is 8.82. The second-order valence-electron chi connectivity index (χ2n) is 3.15. The summed E-state index contributed by atoms with van der Waals surface area (Å²) >= 11 is 5.85. The van der Waals surface area contributed by atoms with E-state index in [-0.39, 0.29) is 17.2 Å². The number of nitrogens with two attached hydrogens (primary N) is 2. The van der Waals surface area contributed by atoms with E-state index in [9.17, 15) is 0 Å². The van der Waals surface area contributed by atoms with Gasteiger partial charge in [0, 0.05) is 5.02 Å². The number of aromatic nitrogens is 2. The van der Waals surface area contributed by atoms with E-state index in [1.807, 2.05) is 6.07 Å². The number of nitrogens with zero attached hydrogens (tertiary/aromatic N) is 3. The lowest BCUT2D eigenvalue weighted by Gasteiger charge is -2.03. The van der Waals surface area contributed by atoms with Gasteiger partial charge in [0.15, 0.2) is 5.82 Å². The van der Waals surface area contributed by atoms with E-state index in [0.29, 0.717) is 10.7 Å². The lowest BCUT2D eigenvalue weighted by molar-refractivity contribution is 0.897. The van der Waals surface area contributed by atoms with Crippen LogP contribution >= 0.6 is 11.6 Å². The number of nitrogen functional groups attached to an aromatic ring is 2. The summed E-state index contributed by atoms with van der Waals surface area (Å²) < 4.78 is 1.39. The predicted octanol–water partition coefficient (Wildman–Crippen LogP) is 1.56. The summed E-state index contributed by atoms with van der Waals surface area (Å²) in [7, 11) is 0. The molecule has 2 rings (SSSR count). The van der Waals surface area contributed by atoms with Crippen LogP contribution in [0.2, 0.25) is 5.02 Å². The van der Waals surface area contributed by atoms with Gasteiger partial charge in [-0.3, -0.25) is 0 Å². The van der Waals surface area contributed by atoms with E-state index in [0.717, 1.165) is 0 Å². The van der Waals surface area contributed by atoms with Crippen molar-refractivity contribution in [2.24, 2.45) is 0 Å². The highest BCUT2D eigenvalue weighted by atomic mass is 35.5. The van der Waals surface area contributed by atoms with Crippen molar-refractivity contribution in [3.05, 3.63) is 34.9 Å². The molecule has 0 spiro atoms. The normalized spacial score (nSPS) is 10.0. The number of hydrogen-bond donors (Lipinski definition) is 2. The third-order valence-corrected chi connectivity index (χ3v) is 2.35. The fourth-order valence-corrected chi connectivity index (χ4v) is 1.55. The molecule has 0 aliphatic rings. The van der Waals surface area contributed by atoms with Crippen LogP contribution in [0.4, 0.5) is 11.6 Å². The lowest BCUT2D eigenvalue weighted by Crippen LogP contribution is -2.02. The van der Waals surface area contributed by atoms with Crippen molar-refractivity contribution in [2.75, 3.05) is 11.5 Å². The molecule has 5 nitrogen and oxygen atoms in total. The first-order chi connectivity index (χ1) is 7.63. The van der Waals surface area contributed by atoms with Gasteiger partial charge in [-0.1, -0.05) is 17.7 Å². The summed E-state index contributed by atoms with van der Waals surface area (Å²) in [5.41, 5.74) is 12.2. The summed E-state index contributed by atoms with van der Waals surface area (Å²) in [5, 5.41) is 13.4. The SMILES string of the molecule is N#Cc1c(N)nn(-c2cccc(Cl)c2)c1N. The van der Waals surface area contributed by atoms with Crippen LogP contribution in [0.1, 0.15) is 5.56 Å². The maximum absolute atomic E-state index is 8.82. The van der Waals surface area contributed by atoms with Crippen molar-refractivity contribution in [3.63, 3.8) is 0 Å². The van der Waals surface area contributed by atoms with E-state index in [1.54, 1.807) is 24.3 Å². The molecule has 0 aliphatic heterocycles. The summed E-state index contributed by atoms with van der Waals surface area (Å²) in [6.45, 7) is 0. The highest BCUT2D eigenvalue weighted by Crippen LogP contribution is 2.23. The molecule has 0 atom stereocenters. The molecule has 4 N–H and O–H groups in total. The largest absolute Gasteiger partial charge is 0.382 e. The molecule has 0 aliphatic carbocycles. The lowest BCUT2D eigenvalue weighted by atomic mass is 10.3. The molecular weight excluding hydrogens is 226 g/mol. The number of halogens is 1. The Hall–Kier alpha value is -2.19. The van der Waals surface area contributed by atoms with Crippen LogP contribution in [0.25, 0.3) is 5.69 Å². The number of rotatable bonds is 1. The van der Waals surface area contributed by atoms with Gasteiger partial charge in [0.2, 0.25) is 0 Å². The minimum absolute atomic E-state index is 0.111. The Balaban J connectivity index is 2.62. The summed E-state index contributed by atoms with van der Waals surface area (Å²) in [4.78, 5) is 0. The fourth-order valence-electron chi connectivity index (χ4n) is 1.37. The van der Waals surface area contributed by atoms with Crippen LogP contribution in [0, 0.1) is 11.3 Å². The number of nitriles is 1. The van der Waals surface area contributed by atoms with Gasteiger partial charge in [-0.2, -0.15) is 5.26 Å². The molecule has 0 radical (unpaired) electrons. The van der Waals surface area contributed by atoms with E-state index in [4.69, 9.17) is 28.3 Å². The van der Waals surface area contributed by atoms with Crippen molar-refractivity contribution in [1.82, 2.24) is 9.78 Å². The standard InChI is InChI=1S/C10H8ClN5/c11-6-2-1-3-7(4-6)16-10(14)8(5-12)9(13)15-16/h1-4H,14H2,(H2,13,15). The predicted molar refractivity (Wildman–Crippen MR) is 62.1 cm³/mol. The van der Waals surface area contributed by atoms with Crippen LogP contribution < -0.4 is 11.5 Å². The van der Waals surface area contributed by atoms with Crippen molar-refractivity contribution >= 4 is 23.2 Å². The monoisotopic (exact) mass is 233 g/mol. The zero-order chi connectivity index (χ0) is 11.7. The molecule has 0 saturated heterocycles. The third kappa shape index (κ3) is 1.55. The average Bonchev–Trinajstić information content (AvgIpc) is 2.54. The van der Waals surface area contributed by atoms with Gasteiger partial charge in [-0.05, 0) is 18.2 Å². The number of benzene rings is 1. The molecule has 0 bridgehead atoms. The van der Waals surface area contributed by atoms with Gasteiger partial charge < -0.3 is 11.5 Å². The van der Waals surface area contributed by atoms with E-state index >= 15 is 0 Å². The van der Waals surface area contributed by atoms with Crippen LogP contribution in [-0.4, -0.2) is 9.78 Å². The first-order valence-electron chi connectivity index (χ1n) is 4.43. The van der Waals surface area contributed by atoms with E-state index < -0.39 is 0 Å². The Morgan fingerprint density at radius 2 is 2.12 bits per heavy atom. The van der Waals surface area contributed by atoms with Gasteiger partial charge in [-0.25, -0.2) is 4.68 Å². The van der Waals surface area contributed by atoms with Gasteiger partial charge in [-0.15, -0.1) is 5.10 Å². The highest BCUT2D eigenvalue weighted by molar-refractivity contribution is 6.30. The zero-order valence-electron chi connectivity index (χ0n) is 8.18. The van der Waals surface area contributed by atoms with Crippen molar-refractivity contribution in [2.45, 2.75) is 0 Å². The van der Waals surface area contributed by atoms with Gasteiger partial charge in [0.05, 0.1) is 5.69 Å². The zero-order valence-corrected chi connectivity index (χ0v) is 8.94. The molecule has 0 saturated carbocycles. The molecule has 0 amide bonds. The van der Waals surface area contributed by atoms with Crippen LogP contribution in [0.3, 0.4) is 0 Å². The van der Waals surface area contributed by atoms with Crippen LogP contribution in [0.15, 0.2) is 24.3 Å². The summed E-state index contributed by atoms with van der Waals surface area (Å²) in [6.07, 6.45) is 0. The Bertz CT molecular complexity index is 581. The quantitative estimate of drug-likeness (QED) is 0.782. The Morgan fingerprint density at radius 1 is 1.38 bits per heavy atom. The highest BCUT2D eigenvalue weighted by Gasteiger charge is 2.13. The topological polar surface area (TPSA) is 93.6 Å². The molecule has 2 aromatic rings.